The van der Waals surface area contributed by atoms with Gasteiger partial charge < -0.3 is 10.3 Å². The van der Waals surface area contributed by atoms with Crippen LogP contribution >= 0.6 is 0 Å². The standard InChI is InChI=1S/C12H12F3N3O2S/c13-12(14,15)21(19,20)10-4-2-1-3-9(10)18-8-7-17-11(18)5-6-16/h1-4,7-8H,5-6,16H2. The SMILES string of the molecule is NCCc1nccn1-c1ccccc1S(=O)(=O)C(F)(F)F. The summed E-state index contributed by atoms with van der Waals surface area (Å²) in [4.78, 5) is 3.16. The average Bonchev–Trinajstić information content (AvgIpc) is 2.86. The number of rotatable bonds is 4. The van der Waals surface area contributed by atoms with Crippen LogP contribution in [0.3, 0.4) is 0 Å². The second-order valence-corrected chi connectivity index (χ2v) is 6.08. The summed E-state index contributed by atoms with van der Waals surface area (Å²) in [6, 6.07) is 4.91. The summed E-state index contributed by atoms with van der Waals surface area (Å²) in [6.45, 7) is 0.241. The maximum absolute atomic E-state index is 12.8. The number of nitrogens with zero attached hydrogens (tertiary/aromatic N) is 2. The average molecular weight is 319 g/mol. The summed E-state index contributed by atoms with van der Waals surface area (Å²) < 4.78 is 62.9. The number of para-hydroxylation sites is 1. The molecular formula is C12H12F3N3O2S. The van der Waals surface area contributed by atoms with Crippen LogP contribution in [-0.2, 0) is 16.3 Å². The van der Waals surface area contributed by atoms with Crippen molar-refractivity contribution in [1.82, 2.24) is 9.55 Å². The Morgan fingerprint density at radius 2 is 1.90 bits per heavy atom. The molecule has 0 saturated carbocycles. The number of aromatic nitrogens is 2. The molecule has 0 unspecified atom stereocenters. The third-order valence-corrected chi connectivity index (χ3v) is 4.34. The zero-order valence-corrected chi connectivity index (χ0v) is 11.5. The molecule has 0 bridgehead atoms. The lowest BCUT2D eigenvalue weighted by Crippen LogP contribution is -2.24. The molecule has 0 spiro atoms. The lowest BCUT2D eigenvalue weighted by atomic mass is 10.3. The maximum atomic E-state index is 12.8. The molecule has 0 aliphatic carbocycles. The Balaban J connectivity index is 2.65. The normalized spacial score (nSPS) is 12.6. The molecule has 2 rings (SSSR count). The zero-order valence-electron chi connectivity index (χ0n) is 10.7. The number of alkyl halides is 3. The first kappa shape index (κ1) is 15.5. The first-order valence-electron chi connectivity index (χ1n) is 5.92. The minimum Gasteiger partial charge on any atom is -0.330 e. The fourth-order valence-corrected chi connectivity index (χ4v) is 2.82. The van der Waals surface area contributed by atoms with Crippen molar-refractivity contribution < 1.29 is 21.6 Å². The van der Waals surface area contributed by atoms with E-state index in [1.165, 1.54) is 35.2 Å². The minimum atomic E-state index is -5.44. The van der Waals surface area contributed by atoms with E-state index < -0.39 is 20.2 Å². The third-order valence-electron chi connectivity index (χ3n) is 2.80. The molecule has 2 N–H and O–H groups in total. The van der Waals surface area contributed by atoms with Crippen molar-refractivity contribution in [3.63, 3.8) is 0 Å². The van der Waals surface area contributed by atoms with Gasteiger partial charge in [-0.15, -0.1) is 0 Å². The van der Waals surface area contributed by atoms with Crippen LogP contribution in [0.4, 0.5) is 13.2 Å². The van der Waals surface area contributed by atoms with Gasteiger partial charge in [-0.25, -0.2) is 13.4 Å². The van der Waals surface area contributed by atoms with Gasteiger partial charge in [0.2, 0.25) is 0 Å². The fraction of sp³-hybridized carbons (Fsp3) is 0.250. The van der Waals surface area contributed by atoms with Gasteiger partial charge in [-0.3, -0.25) is 0 Å². The monoisotopic (exact) mass is 319 g/mol. The van der Waals surface area contributed by atoms with E-state index >= 15 is 0 Å². The molecule has 1 heterocycles. The van der Waals surface area contributed by atoms with E-state index in [4.69, 9.17) is 5.73 Å². The van der Waals surface area contributed by atoms with E-state index in [0.29, 0.717) is 12.2 Å². The van der Waals surface area contributed by atoms with Gasteiger partial charge in [-0.1, -0.05) is 12.1 Å². The van der Waals surface area contributed by atoms with Gasteiger partial charge in [0.25, 0.3) is 9.84 Å². The molecule has 5 nitrogen and oxygen atoms in total. The van der Waals surface area contributed by atoms with Crippen LogP contribution in [0.25, 0.3) is 5.69 Å². The van der Waals surface area contributed by atoms with Gasteiger partial charge in [-0.2, -0.15) is 13.2 Å². The topological polar surface area (TPSA) is 78.0 Å². The summed E-state index contributed by atoms with van der Waals surface area (Å²) in [5.74, 6) is 0.391. The molecule has 114 valence electrons. The summed E-state index contributed by atoms with van der Waals surface area (Å²) in [6.07, 6.45) is 3.09. The van der Waals surface area contributed by atoms with Crippen molar-refractivity contribution in [2.45, 2.75) is 16.8 Å². The van der Waals surface area contributed by atoms with E-state index in [-0.39, 0.29) is 12.2 Å². The van der Waals surface area contributed by atoms with E-state index in [2.05, 4.69) is 4.98 Å². The molecule has 0 aliphatic heterocycles. The summed E-state index contributed by atoms with van der Waals surface area (Å²) >= 11 is 0. The predicted molar refractivity (Wildman–Crippen MR) is 69.6 cm³/mol. The number of halogens is 3. The van der Waals surface area contributed by atoms with Gasteiger partial charge in [0, 0.05) is 18.8 Å². The Bertz CT molecular complexity index is 738. The quantitative estimate of drug-likeness (QED) is 0.930. The highest BCUT2D eigenvalue weighted by Crippen LogP contribution is 2.33. The van der Waals surface area contributed by atoms with E-state index in [9.17, 15) is 21.6 Å². The zero-order chi connectivity index (χ0) is 15.7. The van der Waals surface area contributed by atoms with Crippen LogP contribution < -0.4 is 5.73 Å². The van der Waals surface area contributed by atoms with Crippen LogP contribution in [0.15, 0.2) is 41.6 Å². The van der Waals surface area contributed by atoms with Gasteiger partial charge in [-0.05, 0) is 18.7 Å². The number of benzene rings is 1. The third kappa shape index (κ3) is 2.79. The highest BCUT2D eigenvalue weighted by molar-refractivity contribution is 7.92. The van der Waals surface area contributed by atoms with Gasteiger partial charge >= 0.3 is 5.51 Å². The minimum absolute atomic E-state index is 0.101. The second-order valence-electron chi connectivity index (χ2n) is 4.17. The van der Waals surface area contributed by atoms with E-state index in [1.54, 1.807) is 0 Å². The van der Waals surface area contributed by atoms with Crippen LogP contribution in [-0.4, -0.2) is 30.0 Å². The number of nitrogens with two attached hydrogens (primary N) is 1. The lowest BCUT2D eigenvalue weighted by Gasteiger charge is -2.14. The highest BCUT2D eigenvalue weighted by atomic mass is 32.2. The van der Waals surface area contributed by atoms with Crippen molar-refractivity contribution in [3.05, 3.63) is 42.5 Å². The molecule has 0 aliphatic rings. The van der Waals surface area contributed by atoms with E-state index in [0.717, 1.165) is 6.07 Å². The highest BCUT2D eigenvalue weighted by Gasteiger charge is 2.48. The Labute approximate surface area is 119 Å². The van der Waals surface area contributed by atoms with Gasteiger partial charge in [0.15, 0.2) is 0 Å². The first-order valence-corrected chi connectivity index (χ1v) is 7.40. The Hall–Kier alpha value is -1.87. The summed E-state index contributed by atoms with van der Waals surface area (Å²) in [5.41, 5.74) is -0.0563. The number of hydrogen-bond acceptors (Lipinski definition) is 4. The van der Waals surface area contributed by atoms with Crippen molar-refractivity contribution in [2.75, 3.05) is 6.54 Å². The molecule has 0 fully saturated rings. The second kappa shape index (κ2) is 5.49. The maximum Gasteiger partial charge on any atom is 0.501 e. The van der Waals surface area contributed by atoms with Crippen LogP contribution in [0.1, 0.15) is 5.82 Å². The van der Waals surface area contributed by atoms with Gasteiger partial charge in [0.05, 0.1) is 5.69 Å². The summed E-state index contributed by atoms with van der Waals surface area (Å²) in [7, 11) is -5.44. The number of sulfone groups is 1. The Kier molecular flexibility index (Phi) is 4.06. The molecule has 1 aromatic carbocycles. The predicted octanol–water partition coefficient (Wildman–Crippen LogP) is 1.67. The largest absolute Gasteiger partial charge is 0.501 e. The molecule has 0 radical (unpaired) electrons. The molecule has 1 aromatic heterocycles. The molecule has 9 heteroatoms. The first-order chi connectivity index (χ1) is 9.79. The van der Waals surface area contributed by atoms with Crippen molar-refractivity contribution in [1.29, 1.82) is 0 Å². The molecule has 0 atom stereocenters. The van der Waals surface area contributed by atoms with E-state index in [1.807, 2.05) is 0 Å². The van der Waals surface area contributed by atoms with Crippen LogP contribution in [0.5, 0.6) is 0 Å². The van der Waals surface area contributed by atoms with Crippen molar-refractivity contribution in [3.8, 4) is 5.69 Å². The Morgan fingerprint density at radius 1 is 1.24 bits per heavy atom. The number of imidazole rings is 1. The molecule has 21 heavy (non-hydrogen) atoms. The molecule has 0 saturated heterocycles. The van der Waals surface area contributed by atoms with Crippen LogP contribution in [0, 0.1) is 0 Å². The summed E-state index contributed by atoms with van der Waals surface area (Å²) in [5, 5.41) is 0. The lowest BCUT2D eigenvalue weighted by molar-refractivity contribution is -0.0436. The fourth-order valence-electron chi connectivity index (χ4n) is 1.88. The van der Waals surface area contributed by atoms with Crippen molar-refractivity contribution in [2.24, 2.45) is 5.73 Å². The number of hydrogen-bond donors (Lipinski definition) is 1. The molecule has 2 aromatic rings. The smallest absolute Gasteiger partial charge is 0.330 e. The molecule has 0 amide bonds. The Morgan fingerprint density at radius 3 is 2.52 bits per heavy atom. The van der Waals surface area contributed by atoms with Crippen LogP contribution in [0.2, 0.25) is 0 Å². The van der Waals surface area contributed by atoms with Gasteiger partial charge in [0.1, 0.15) is 10.7 Å². The molecular weight excluding hydrogens is 307 g/mol. The van der Waals surface area contributed by atoms with Crippen molar-refractivity contribution >= 4 is 9.84 Å².